The maximum atomic E-state index is 12.2. The molecule has 0 fully saturated rings. The molecular formula is C19H17ClN4O2. The molecule has 3 aromatic rings. The minimum absolute atomic E-state index is 0.315. The zero-order valence-electron chi connectivity index (χ0n) is 14.1. The molecule has 2 aromatic carbocycles. The second kappa shape index (κ2) is 8.31. The predicted octanol–water partition coefficient (Wildman–Crippen LogP) is 3.89. The molecular weight excluding hydrogens is 352 g/mol. The maximum Gasteiger partial charge on any atom is 0.289 e. The standard InChI is InChI=1S/C19H17ClN4O2/c1-2-26-16-5-3-4-14(10-16)17-11-18(23-22-17)19(25)24-21-12-13-6-8-15(20)9-7-13/h3-12H,2H2,1H3,(H,22,23)(H,24,25)/b21-12+. The summed E-state index contributed by atoms with van der Waals surface area (Å²) in [6, 6.07) is 16.3. The predicted molar refractivity (Wildman–Crippen MR) is 102 cm³/mol. The normalized spacial score (nSPS) is 10.8. The number of aromatic amines is 1. The van der Waals surface area contributed by atoms with Crippen molar-refractivity contribution in [2.24, 2.45) is 5.10 Å². The van der Waals surface area contributed by atoms with Crippen molar-refractivity contribution in [1.82, 2.24) is 15.6 Å². The number of nitrogens with one attached hydrogen (secondary N) is 2. The van der Waals surface area contributed by atoms with Crippen molar-refractivity contribution in [3.8, 4) is 17.0 Å². The van der Waals surface area contributed by atoms with Crippen LogP contribution < -0.4 is 10.2 Å². The molecule has 3 rings (SSSR count). The van der Waals surface area contributed by atoms with Gasteiger partial charge < -0.3 is 4.74 Å². The average Bonchev–Trinajstić information content (AvgIpc) is 3.14. The van der Waals surface area contributed by atoms with E-state index in [9.17, 15) is 4.79 Å². The van der Waals surface area contributed by atoms with Crippen molar-refractivity contribution in [3.63, 3.8) is 0 Å². The molecule has 0 unspecified atom stereocenters. The number of benzene rings is 2. The van der Waals surface area contributed by atoms with Gasteiger partial charge in [-0.1, -0.05) is 35.9 Å². The van der Waals surface area contributed by atoms with Gasteiger partial charge in [0.2, 0.25) is 0 Å². The Hall–Kier alpha value is -3.12. The fourth-order valence-corrected chi connectivity index (χ4v) is 2.40. The number of halogens is 1. The molecule has 0 spiro atoms. The first-order chi connectivity index (χ1) is 12.7. The highest BCUT2D eigenvalue weighted by Crippen LogP contribution is 2.22. The third-order valence-corrected chi connectivity index (χ3v) is 3.76. The summed E-state index contributed by atoms with van der Waals surface area (Å²) in [5.41, 5.74) is 5.11. The van der Waals surface area contributed by atoms with E-state index < -0.39 is 0 Å². The molecule has 2 N–H and O–H groups in total. The van der Waals surface area contributed by atoms with Gasteiger partial charge in [0.15, 0.2) is 0 Å². The lowest BCUT2D eigenvalue weighted by Gasteiger charge is -2.03. The molecule has 0 bridgehead atoms. The van der Waals surface area contributed by atoms with Crippen LogP contribution in [0.15, 0.2) is 59.7 Å². The van der Waals surface area contributed by atoms with Crippen molar-refractivity contribution in [2.75, 3.05) is 6.61 Å². The molecule has 0 saturated heterocycles. The molecule has 0 saturated carbocycles. The largest absolute Gasteiger partial charge is 0.494 e. The van der Waals surface area contributed by atoms with Crippen LogP contribution in [-0.2, 0) is 0 Å². The Bertz CT molecular complexity index is 919. The van der Waals surface area contributed by atoms with Gasteiger partial charge in [-0.25, -0.2) is 5.43 Å². The summed E-state index contributed by atoms with van der Waals surface area (Å²) >= 11 is 5.82. The first-order valence-electron chi connectivity index (χ1n) is 8.03. The second-order valence-corrected chi connectivity index (χ2v) is 5.81. The van der Waals surface area contributed by atoms with Gasteiger partial charge in [0.1, 0.15) is 11.4 Å². The number of rotatable bonds is 6. The van der Waals surface area contributed by atoms with E-state index in [1.807, 2.05) is 31.2 Å². The Balaban J connectivity index is 1.66. The number of hydrogen-bond donors (Lipinski definition) is 2. The van der Waals surface area contributed by atoms with Crippen molar-refractivity contribution in [2.45, 2.75) is 6.92 Å². The smallest absolute Gasteiger partial charge is 0.289 e. The number of carbonyl (C=O) groups excluding carboxylic acids is 1. The summed E-state index contributed by atoms with van der Waals surface area (Å²) < 4.78 is 5.48. The van der Waals surface area contributed by atoms with Gasteiger partial charge in [-0.15, -0.1) is 0 Å². The number of nitrogens with zero attached hydrogens (tertiary/aromatic N) is 2. The van der Waals surface area contributed by atoms with E-state index in [2.05, 4.69) is 20.7 Å². The van der Waals surface area contributed by atoms with Gasteiger partial charge in [-0.2, -0.15) is 10.2 Å². The van der Waals surface area contributed by atoms with Crippen LogP contribution in [0.3, 0.4) is 0 Å². The van der Waals surface area contributed by atoms with Crippen molar-refractivity contribution < 1.29 is 9.53 Å². The number of hydrogen-bond acceptors (Lipinski definition) is 4. The van der Waals surface area contributed by atoms with Crippen LogP contribution in [0.4, 0.5) is 0 Å². The Morgan fingerprint density at radius 2 is 2.08 bits per heavy atom. The summed E-state index contributed by atoms with van der Waals surface area (Å²) in [5, 5.41) is 11.5. The van der Waals surface area contributed by atoms with Crippen molar-refractivity contribution in [1.29, 1.82) is 0 Å². The topological polar surface area (TPSA) is 79.4 Å². The number of H-pyrrole nitrogens is 1. The minimum atomic E-state index is -0.380. The van der Waals surface area contributed by atoms with E-state index in [0.717, 1.165) is 16.9 Å². The highest BCUT2D eigenvalue weighted by molar-refractivity contribution is 6.30. The lowest BCUT2D eigenvalue weighted by atomic mass is 10.1. The number of hydrazone groups is 1. The summed E-state index contributed by atoms with van der Waals surface area (Å²) in [6.45, 7) is 2.51. The van der Waals surface area contributed by atoms with Gasteiger partial charge in [0.25, 0.3) is 5.91 Å². The van der Waals surface area contributed by atoms with E-state index in [-0.39, 0.29) is 5.91 Å². The lowest BCUT2D eigenvalue weighted by Crippen LogP contribution is -2.17. The zero-order chi connectivity index (χ0) is 18.4. The van der Waals surface area contributed by atoms with E-state index in [4.69, 9.17) is 16.3 Å². The van der Waals surface area contributed by atoms with E-state index in [1.54, 1.807) is 30.3 Å². The van der Waals surface area contributed by atoms with Gasteiger partial charge in [0, 0.05) is 10.6 Å². The summed E-state index contributed by atoms with van der Waals surface area (Å²) in [6.07, 6.45) is 1.54. The average molecular weight is 369 g/mol. The number of carbonyl (C=O) groups is 1. The molecule has 26 heavy (non-hydrogen) atoms. The molecule has 0 atom stereocenters. The summed E-state index contributed by atoms with van der Waals surface area (Å²) in [4.78, 5) is 12.2. The molecule has 0 radical (unpaired) electrons. The van der Waals surface area contributed by atoms with Crippen LogP contribution in [0.2, 0.25) is 5.02 Å². The molecule has 0 aliphatic rings. The third-order valence-electron chi connectivity index (χ3n) is 3.51. The number of ether oxygens (including phenoxy) is 1. The van der Waals surface area contributed by atoms with Crippen molar-refractivity contribution in [3.05, 3.63) is 70.9 Å². The van der Waals surface area contributed by atoms with Gasteiger partial charge in [0.05, 0.1) is 18.5 Å². The summed E-state index contributed by atoms with van der Waals surface area (Å²) in [7, 11) is 0. The molecule has 6 nitrogen and oxygen atoms in total. The van der Waals surface area contributed by atoms with Crippen LogP contribution >= 0.6 is 11.6 Å². The monoisotopic (exact) mass is 368 g/mol. The molecule has 7 heteroatoms. The van der Waals surface area contributed by atoms with Crippen LogP contribution in [-0.4, -0.2) is 28.9 Å². The van der Waals surface area contributed by atoms with Gasteiger partial charge in [-0.3, -0.25) is 9.89 Å². The number of amides is 1. The van der Waals surface area contributed by atoms with E-state index in [0.29, 0.717) is 23.0 Å². The minimum Gasteiger partial charge on any atom is -0.494 e. The Morgan fingerprint density at radius 3 is 2.85 bits per heavy atom. The molecule has 0 aliphatic heterocycles. The first kappa shape index (κ1) is 17.7. The van der Waals surface area contributed by atoms with Gasteiger partial charge >= 0.3 is 0 Å². The Kier molecular flexibility index (Phi) is 5.66. The Labute approximate surface area is 155 Å². The van der Waals surface area contributed by atoms with Crippen LogP contribution in [0.25, 0.3) is 11.3 Å². The molecule has 0 aliphatic carbocycles. The lowest BCUT2D eigenvalue weighted by molar-refractivity contribution is 0.0950. The van der Waals surface area contributed by atoms with Gasteiger partial charge in [-0.05, 0) is 42.8 Å². The van der Waals surface area contributed by atoms with Crippen LogP contribution in [0.5, 0.6) is 5.75 Å². The van der Waals surface area contributed by atoms with Crippen LogP contribution in [0.1, 0.15) is 23.0 Å². The highest BCUT2D eigenvalue weighted by atomic mass is 35.5. The Morgan fingerprint density at radius 1 is 1.27 bits per heavy atom. The third kappa shape index (κ3) is 4.49. The summed E-state index contributed by atoms with van der Waals surface area (Å²) in [5.74, 6) is 0.376. The molecule has 1 amide bonds. The molecule has 132 valence electrons. The molecule has 1 heterocycles. The van der Waals surface area contributed by atoms with E-state index >= 15 is 0 Å². The fourth-order valence-electron chi connectivity index (χ4n) is 2.27. The fraction of sp³-hybridized carbons (Fsp3) is 0.105. The quantitative estimate of drug-likeness (QED) is 0.511. The SMILES string of the molecule is CCOc1cccc(-c2cc(C(=O)N/N=C/c3ccc(Cl)cc3)[nH]n2)c1. The van der Waals surface area contributed by atoms with Crippen molar-refractivity contribution >= 4 is 23.7 Å². The van der Waals surface area contributed by atoms with E-state index in [1.165, 1.54) is 6.21 Å². The molecule has 1 aromatic heterocycles. The van der Waals surface area contributed by atoms with Crippen LogP contribution in [0, 0.1) is 0 Å². The second-order valence-electron chi connectivity index (χ2n) is 5.38. The first-order valence-corrected chi connectivity index (χ1v) is 8.41. The maximum absolute atomic E-state index is 12.2. The highest BCUT2D eigenvalue weighted by Gasteiger charge is 2.11. The zero-order valence-corrected chi connectivity index (χ0v) is 14.8. The number of aromatic nitrogens is 2.